The van der Waals surface area contributed by atoms with Crippen LogP contribution in [0, 0.1) is 0 Å². The molecule has 0 aliphatic rings. The zero-order valence-electron chi connectivity index (χ0n) is 13.3. The normalized spacial score (nSPS) is 14.0. The molecule has 0 aromatic heterocycles. The lowest BCUT2D eigenvalue weighted by atomic mass is 10.1. The molecule has 0 aromatic rings. The maximum Gasteiger partial charge on any atom is 0.231 e. The molecule has 4 heteroatoms. The third-order valence-electron chi connectivity index (χ3n) is 1.92. The first-order chi connectivity index (χ1) is 7.97. The fourth-order valence-corrected chi connectivity index (χ4v) is 1.02. The molecule has 18 heavy (non-hydrogen) atoms. The van der Waals surface area contributed by atoms with E-state index >= 15 is 0 Å². The van der Waals surface area contributed by atoms with Gasteiger partial charge in [-0.25, -0.2) is 9.78 Å². The lowest BCUT2D eigenvalue weighted by Crippen LogP contribution is -2.38. The second-order valence-electron chi connectivity index (χ2n) is 6.80. The Morgan fingerprint density at radius 3 is 1.33 bits per heavy atom. The van der Waals surface area contributed by atoms with Crippen LogP contribution in [0.1, 0.15) is 74.7 Å². The molecule has 0 heterocycles. The molecule has 0 fully saturated rings. The van der Waals surface area contributed by atoms with Crippen molar-refractivity contribution in [2.45, 2.75) is 91.6 Å². The molecule has 0 amide bonds. The Labute approximate surface area is 112 Å². The average Bonchev–Trinajstić information content (AvgIpc) is 2.19. The summed E-state index contributed by atoms with van der Waals surface area (Å²) in [4.78, 5) is 21.6. The predicted molar refractivity (Wildman–Crippen MR) is 71.8 cm³/mol. The topological polar surface area (TPSA) is 36.9 Å². The number of unbranched alkanes of at least 4 members (excludes halogenated alkanes) is 1. The van der Waals surface area contributed by atoms with Crippen molar-refractivity contribution in [3.05, 3.63) is 0 Å². The van der Waals surface area contributed by atoms with E-state index in [2.05, 4.69) is 6.92 Å². The van der Waals surface area contributed by atoms with Gasteiger partial charge in [-0.05, 0) is 54.9 Å². The Bertz CT molecular complexity index is 207. The zero-order chi connectivity index (χ0) is 14.4. The fourth-order valence-electron chi connectivity index (χ4n) is 1.02. The standard InChI is InChI=1S/C14H30O4/c1-9-10-11-14(8,17-15-12(2,3)4)18-16-13(5,6)7/h9-11H2,1-8H3. The molecular weight excluding hydrogens is 232 g/mol. The summed E-state index contributed by atoms with van der Waals surface area (Å²) in [5, 5.41) is 0. The molecule has 0 aliphatic heterocycles. The zero-order valence-corrected chi connectivity index (χ0v) is 13.3. The van der Waals surface area contributed by atoms with Gasteiger partial charge in [-0.3, -0.25) is 0 Å². The summed E-state index contributed by atoms with van der Waals surface area (Å²) >= 11 is 0. The largest absolute Gasteiger partial charge is 0.231 e. The molecule has 0 N–H and O–H groups in total. The molecule has 0 unspecified atom stereocenters. The highest BCUT2D eigenvalue weighted by atomic mass is 17.3. The highest BCUT2D eigenvalue weighted by Gasteiger charge is 2.32. The van der Waals surface area contributed by atoms with Crippen molar-refractivity contribution in [1.29, 1.82) is 0 Å². The lowest BCUT2D eigenvalue weighted by molar-refractivity contribution is -0.537. The summed E-state index contributed by atoms with van der Waals surface area (Å²) < 4.78 is 0. The van der Waals surface area contributed by atoms with Crippen LogP contribution >= 0.6 is 0 Å². The van der Waals surface area contributed by atoms with Gasteiger partial charge in [0, 0.05) is 6.42 Å². The Hall–Kier alpha value is -0.160. The molecule has 0 aromatic carbocycles. The van der Waals surface area contributed by atoms with E-state index < -0.39 is 5.79 Å². The van der Waals surface area contributed by atoms with Crippen LogP contribution in [0.25, 0.3) is 0 Å². The fraction of sp³-hybridized carbons (Fsp3) is 1.00. The van der Waals surface area contributed by atoms with Gasteiger partial charge in [0.05, 0.1) is 11.2 Å². The minimum Gasteiger partial charge on any atom is -0.228 e. The second kappa shape index (κ2) is 6.85. The van der Waals surface area contributed by atoms with Crippen molar-refractivity contribution in [2.75, 3.05) is 0 Å². The van der Waals surface area contributed by atoms with Gasteiger partial charge in [-0.15, -0.1) is 0 Å². The molecule has 0 aliphatic carbocycles. The Morgan fingerprint density at radius 2 is 1.06 bits per heavy atom. The maximum absolute atomic E-state index is 5.44. The van der Waals surface area contributed by atoms with Crippen LogP contribution in [0.5, 0.6) is 0 Å². The first-order valence-corrected chi connectivity index (χ1v) is 6.71. The van der Waals surface area contributed by atoms with Crippen LogP contribution in [0.15, 0.2) is 0 Å². The van der Waals surface area contributed by atoms with Gasteiger partial charge in [0.15, 0.2) is 0 Å². The summed E-state index contributed by atoms with van der Waals surface area (Å²) in [7, 11) is 0. The molecule has 0 rings (SSSR count). The van der Waals surface area contributed by atoms with Crippen LogP contribution in [0.2, 0.25) is 0 Å². The highest BCUT2D eigenvalue weighted by molar-refractivity contribution is 4.62. The van der Waals surface area contributed by atoms with E-state index in [1.807, 2.05) is 48.5 Å². The SMILES string of the molecule is CCCCC(C)(OOC(C)(C)C)OOC(C)(C)C. The van der Waals surface area contributed by atoms with E-state index in [9.17, 15) is 0 Å². The number of rotatable bonds is 7. The van der Waals surface area contributed by atoms with Gasteiger partial charge in [-0.1, -0.05) is 13.3 Å². The smallest absolute Gasteiger partial charge is 0.228 e. The molecule has 110 valence electrons. The van der Waals surface area contributed by atoms with Crippen molar-refractivity contribution >= 4 is 0 Å². The van der Waals surface area contributed by atoms with E-state index in [1.54, 1.807) is 0 Å². The minimum atomic E-state index is -0.878. The van der Waals surface area contributed by atoms with Crippen molar-refractivity contribution < 1.29 is 19.6 Å². The van der Waals surface area contributed by atoms with Crippen LogP contribution in [0.4, 0.5) is 0 Å². The molecule has 0 atom stereocenters. The number of hydrogen-bond donors (Lipinski definition) is 0. The highest BCUT2D eigenvalue weighted by Crippen LogP contribution is 2.26. The van der Waals surface area contributed by atoms with E-state index in [4.69, 9.17) is 19.6 Å². The van der Waals surface area contributed by atoms with Gasteiger partial charge in [0.1, 0.15) is 0 Å². The number of hydrogen-bond acceptors (Lipinski definition) is 4. The first kappa shape index (κ1) is 17.8. The first-order valence-electron chi connectivity index (χ1n) is 6.71. The minimum absolute atomic E-state index is 0.376. The second-order valence-corrected chi connectivity index (χ2v) is 6.80. The third-order valence-corrected chi connectivity index (χ3v) is 1.92. The van der Waals surface area contributed by atoms with E-state index in [0.717, 1.165) is 19.3 Å². The molecule has 0 spiro atoms. The van der Waals surface area contributed by atoms with Crippen molar-refractivity contribution in [1.82, 2.24) is 0 Å². The summed E-state index contributed by atoms with van der Waals surface area (Å²) in [6, 6.07) is 0. The predicted octanol–water partition coefficient (Wildman–Crippen LogP) is 4.39. The summed E-state index contributed by atoms with van der Waals surface area (Å²) in [5.74, 6) is -0.878. The Balaban J connectivity index is 4.42. The summed E-state index contributed by atoms with van der Waals surface area (Å²) in [6.45, 7) is 15.5. The van der Waals surface area contributed by atoms with Gasteiger partial charge < -0.3 is 0 Å². The average molecular weight is 262 g/mol. The third kappa shape index (κ3) is 9.83. The maximum atomic E-state index is 5.44. The van der Waals surface area contributed by atoms with E-state index in [-0.39, 0.29) is 11.2 Å². The summed E-state index contributed by atoms with van der Waals surface area (Å²) in [6.07, 6.45) is 2.76. The van der Waals surface area contributed by atoms with Crippen LogP contribution in [-0.2, 0) is 19.6 Å². The van der Waals surface area contributed by atoms with Crippen LogP contribution in [-0.4, -0.2) is 17.0 Å². The molecule has 0 saturated carbocycles. The van der Waals surface area contributed by atoms with Gasteiger partial charge in [0.2, 0.25) is 5.79 Å². The van der Waals surface area contributed by atoms with Gasteiger partial charge in [-0.2, -0.15) is 9.78 Å². The monoisotopic (exact) mass is 262 g/mol. The van der Waals surface area contributed by atoms with E-state index in [0.29, 0.717) is 0 Å². The lowest BCUT2D eigenvalue weighted by Gasteiger charge is -2.32. The van der Waals surface area contributed by atoms with Crippen LogP contribution in [0.3, 0.4) is 0 Å². The molecular formula is C14H30O4. The molecule has 0 radical (unpaired) electrons. The van der Waals surface area contributed by atoms with Crippen molar-refractivity contribution in [3.63, 3.8) is 0 Å². The molecule has 0 saturated heterocycles. The summed E-state index contributed by atoms with van der Waals surface area (Å²) in [5.41, 5.74) is -0.753. The molecule has 4 nitrogen and oxygen atoms in total. The molecule has 0 bridgehead atoms. The van der Waals surface area contributed by atoms with Gasteiger partial charge in [0.25, 0.3) is 0 Å². The Morgan fingerprint density at radius 1 is 0.667 bits per heavy atom. The van der Waals surface area contributed by atoms with Crippen molar-refractivity contribution in [2.24, 2.45) is 0 Å². The quantitative estimate of drug-likeness (QED) is 0.387. The van der Waals surface area contributed by atoms with Crippen LogP contribution < -0.4 is 0 Å². The Kier molecular flexibility index (Phi) is 6.79. The van der Waals surface area contributed by atoms with Gasteiger partial charge >= 0.3 is 0 Å². The van der Waals surface area contributed by atoms with E-state index in [1.165, 1.54) is 0 Å². The van der Waals surface area contributed by atoms with Crippen molar-refractivity contribution in [3.8, 4) is 0 Å².